The van der Waals surface area contributed by atoms with Gasteiger partial charge in [0, 0.05) is 18.6 Å². The zero-order valence-electron chi connectivity index (χ0n) is 12.4. The lowest BCUT2D eigenvalue weighted by molar-refractivity contribution is -0.384. The highest BCUT2D eigenvalue weighted by Gasteiger charge is 2.15. The fourth-order valence-corrected chi connectivity index (χ4v) is 2.24. The van der Waals surface area contributed by atoms with E-state index >= 15 is 0 Å². The van der Waals surface area contributed by atoms with Crippen LogP contribution in [0.5, 0.6) is 5.75 Å². The maximum atomic E-state index is 12.0. The van der Waals surface area contributed by atoms with E-state index in [4.69, 9.17) is 9.15 Å². The molecule has 0 atom stereocenters. The normalized spacial score (nSPS) is 10.3. The number of non-ortho nitro benzene ring substituents is 1. The number of benzene rings is 1. The summed E-state index contributed by atoms with van der Waals surface area (Å²) in [5, 5.41) is 21.2. The van der Waals surface area contributed by atoms with E-state index < -0.39 is 4.92 Å². The molecule has 1 amide bonds. The number of carbonyl (C=O) groups excluding carboxylic acids is 1. The number of methoxy groups -OCH3 is 1. The SMILES string of the molecule is CCc1nnc(SCC(=O)Nc2cc([N+](=O)[O-])ccc2OC)o1. The quantitative estimate of drug-likeness (QED) is 0.464. The van der Waals surface area contributed by atoms with Crippen LogP contribution < -0.4 is 10.1 Å². The molecule has 0 aliphatic heterocycles. The molecule has 10 heteroatoms. The first-order valence-electron chi connectivity index (χ1n) is 6.61. The number of ether oxygens (including phenoxy) is 1. The summed E-state index contributed by atoms with van der Waals surface area (Å²) >= 11 is 1.08. The highest BCUT2D eigenvalue weighted by molar-refractivity contribution is 7.99. The number of hydrogen-bond acceptors (Lipinski definition) is 8. The number of anilines is 1. The molecule has 1 aromatic heterocycles. The second-order valence-corrected chi connectivity index (χ2v) is 5.22. The Morgan fingerprint density at radius 1 is 1.48 bits per heavy atom. The third kappa shape index (κ3) is 4.42. The number of hydrogen-bond donors (Lipinski definition) is 1. The molecule has 23 heavy (non-hydrogen) atoms. The van der Waals surface area contributed by atoms with Gasteiger partial charge in [-0.3, -0.25) is 14.9 Å². The number of nitro groups is 1. The fourth-order valence-electron chi connectivity index (χ4n) is 1.66. The molecule has 0 fully saturated rings. The van der Waals surface area contributed by atoms with Crippen LogP contribution in [0.15, 0.2) is 27.8 Å². The van der Waals surface area contributed by atoms with Gasteiger partial charge in [-0.2, -0.15) is 0 Å². The van der Waals surface area contributed by atoms with Crippen molar-refractivity contribution < 1.29 is 18.9 Å². The molecule has 0 saturated heterocycles. The van der Waals surface area contributed by atoms with Crippen molar-refractivity contribution >= 4 is 29.0 Å². The first kappa shape index (κ1) is 16.7. The van der Waals surface area contributed by atoms with Gasteiger partial charge in [-0.15, -0.1) is 10.2 Å². The molecule has 0 bridgehead atoms. The Labute approximate surface area is 135 Å². The molecular weight excluding hydrogens is 324 g/mol. The van der Waals surface area contributed by atoms with Crippen LogP contribution in [0, 0.1) is 10.1 Å². The van der Waals surface area contributed by atoms with Gasteiger partial charge in [-0.1, -0.05) is 18.7 Å². The standard InChI is InChI=1S/C13H14N4O5S/c1-3-12-15-16-13(22-12)23-7-11(18)14-9-6-8(17(19)20)4-5-10(9)21-2/h4-6H,3,7H2,1-2H3,(H,14,18). The molecule has 1 aromatic carbocycles. The summed E-state index contributed by atoms with van der Waals surface area (Å²) < 4.78 is 10.4. The summed E-state index contributed by atoms with van der Waals surface area (Å²) in [6.45, 7) is 1.88. The van der Waals surface area contributed by atoms with Gasteiger partial charge in [0.15, 0.2) is 0 Å². The Bertz CT molecular complexity index is 718. The molecule has 0 unspecified atom stereocenters. The molecule has 2 aromatic rings. The van der Waals surface area contributed by atoms with Crippen molar-refractivity contribution in [3.8, 4) is 5.75 Å². The largest absolute Gasteiger partial charge is 0.495 e. The van der Waals surface area contributed by atoms with Crippen LogP contribution in [-0.4, -0.2) is 33.9 Å². The van der Waals surface area contributed by atoms with Crippen LogP contribution >= 0.6 is 11.8 Å². The summed E-state index contributed by atoms with van der Waals surface area (Å²) in [5.74, 6) is 0.482. The van der Waals surface area contributed by atoms with Gasteiger partial charge < -0.3 is 14.5 Å². The van der Waals surface area contributed by atoms with E-state index in [1.165, 1.54) is 25.3 Å². The van der Waals surface area contributed by atoms with Crippen molar-refractivity contribution in [2.24, 2.45) is 0 Å². The van der Waals surface area contributed by atoms with Crippen molar-refractivity contribution in [3.05, 3.63) is 34.2 Å². The fraction of sp³-hybridized carbons (Fsp3) is 0.308. The predicted octanol–water partition coefficient (Wildman–Crippen LogP) is 2.28. The van der Waals surface area contributed by atoms with E-state index in [-0.39, 0.29) is 23.0 Å². The van der Waals surface area contributed by atoms with Crippen LogP contribution in [0.3, 0.4) is 0 Å². The topological polar surface area (TPSA) is 120 Å². The monoisotopic (exact) mass is 338 g/mol. The van der Waals surface area contributed by atoms with Gasteiger partial charge >= 0.3 is 0 Å². The van der Waals surface area contributed by atoms with Crippen LogP contribution in [0.4, 0.5) is 11.4 Å². The van der Waals surface area contributed by atoms with Gasteiger partial charge in [0.2, 0.25) is 11.8 Å². The van der Waals surface area contributed by atoms with Gasteiger partial charge in [-0.05, 0) is 6.07 Å². The molecule has 9 nitrogen and oxygen atoms in total. The first-order valence-corrected chi connectivity index (χ1v) is 7.59. The molecule has 2 rings (SSSR count). The molecule has 122 valence electrons. The number of nitrogens with one attached hydrogen (secondary N) is 1. The van der Waals surface area contributed by atoms with E-state index in [1.54, 1.807) is 0 Å². The Kier molecular flexibility index (Phi) is 5.52. The smallest absolute Gasteiger partial charge is 0.277 e. The Morgan fingerprint density at radius 3 is 2.87 bits per heavy atom. The van der Waals surface area contributed by atoms with Gasteiger partial charge in [-0.25, -0.2) is 0 Å². The summed E-state index contributed by atoms with van der Waals surface area (Å²) in [6.07, 6.45) is 0.616. The van der Waals surface area contributed by atoms with Crippen molar-refractivity contribution in [2.45, 2.75) is 18.6 Å². The third-order valence-electron chi connectivity index (χ3n) is 2.75. The van der Waals surface area contributed by atoms with Crippen LogP contribution in [0.2, 0.25) is 0 Å². The molecule has 1 N–H and O–H groups in total. The minimum Gasteiger partial charge on any atom is -0.495 e. The predicted molar refractivity (Wildman–Crippen MR) is 82.7 cm³/mol. The van der Waals surface area contributed by atoms with E-state index in [9.17, 15) is 14.9 Å². The zero-order chi connectivity index (χ0) is 16.8. The van der Waals surface area contributed by atoms with Gasteiger partial charge in [0.05, 0.1) is 23.5 Å². The maximum absolute atomic E-state index is 12.0. The second-order valence-electron chi connectivity index (χ2n) is 4.29. The highest BCUT2D eigenvalue weighted by Crippen LogP contribution is 2.29. The molecule has 0 aliphatic carbocycles. The second kappa shape index (κ2) is 7.58. The molecular formula is C13H14N4O5S. The number of nitro benzene ring substituents is 1. The Balaban J connectivity index is 2.01. The number of amides is 1. The minimum absolute atomic E-state index is 0.0250. The summed E-state index contributed by atoms with van der Waals surface area (Å²) in [6, 6.07) is 3.96. The average molecular weight is 338 g/mol. The van der Waals surface area contributed by atoms with Gasteiger partial charge in [0.1, 0.15) is 5.75 Å². The summed E-state index contributed by atoms with van der Waals surface area (Å²) in [7, 11) is 1.41. The molecule has 1 heterocycles. The highest BCUT2D eigenvalue weighted by atomic mass is 32.2. The average Bonchev–Trinajstić information content (AvgIpc) is 3.01. The number of aryl methyl sites for hydroxylation is 1. The Hall–Kier alpha value is -2.62. The Morgan fingerprint density at radius 2 is 2.26 bits per heavy atom. The number of thioether (sulfide) groups is 1. The lowest BCUT2D eigenvalue weighted by Gasteiger charge is -2.09. The van der Waals surface area contributed by atoms with Crippen molar-refractivity contribution in [3.63, 3.8) is 0 Å². The lowest BCUT2D eigenvalue weighted by atomic mass is 10.2. The summed E-state index contributed by atoms with van der Waals surface area (Å²) in [4.78, 5) is 22.2. The number of aromatic nitrogens is 2. The van der Waals surface area contributed by atoms with Crippen molar-refractivity contribution in [2.75, 3.05) is 18.2 Å². The van der Waals surface area contributed by atoms with Crippen molar-refractivity contribution in [1.82, 2.24) is 10.2 Å². The van der Waals surface area contributed by atoms with E-state index in [1.807, 2.05) is 6.92 Å². The molecule has 0 radical (unpaired) electrons. The van der Waals surface area contributed by atoms with Crippen molar-refractivity contribution in [1.29, 1.82) is 0 Å². The van der Waals surface area contributed by atoms with Crippen LogP contribution in [0.25, 0.3) is 0 Å². The third-order valence-corrected chi connectivity index (χ3v) is 3.56. The number of carbonyl (C=O) groups is 1. The van der Waals surface area contributed by atoms with Crippen LogP contribution in [-0.2, 0) is 11.2 Å². The zero-order valence-corrected chi connectivity index (χ0v) is 13.3. The lowest BCUT2D eigenvalue weighted by Crippen LogP contribution is -2.14. The molecule has 0 saturated carbocycles. The van der Waals surface area contributed by atoms with Crippen LogP contribution in [0.1, 0.15) is 12.8 Å². The number of rotatable bonds is 7. The first-order chi connectivity index (χ1) is 11.0. The minimum atomic E-state index is -0.547. The van der Waals surface area contributed by atoms with Gasteiger partial charge in [0.25, 0.3) is 10.9 Å². The van der Waals surface area contributed by atoms with E-state index in [0.717, 1.165) is 11.8 Å². The number of nitrogens with zero attached hydrogens (tertiary/aromatic N) is 3. The molecule has 0 aliphatic rings. The molecule has 0 spiro atoms. The maximum Gasteiger partial charge on any atom is 0.277 e. The van der Waals surface area contributed by atoms with E-state index in [0.29, 0.717) is 23.3 Å². The van der Waals surface area contributed by atoms with E-state index in [2.05, 4.69) is 15.5 Å². The summed E-state index contributed by atoms with van der Waals surface area (Å²) in [5.41, 5.74) is 0.0883.